The number of carbonyl (C=O) groups is 1. The van der Waals surface area contributed by atoms with Crippen molar-refractivity contribution >= 4 is 17.1 Å². The summed E-state index contributed by atoms with van der Waals surface area (Å²) < 4.78 is 0. The third kappa shape index (κ3) is 3.59. The molecular formula is C18H21NOS. The molecule has 1 saturated carbocycles. The number of nitrogens with zero attached hydrogens (tertiary/aromatic N) is 1. The molecule has 3 rings (SSSR count). The van der Waals surface area contributed by atoms with E-state index in [0.717, 1.165) is 17.2 Å². The number of ketones is 1. The van der Waals surface area contributed by atoms with Crippen molar-refractivity contribution in [2.45, 2.75) is 44.9 Å². The van der Waals surface area contributed by atoms with E-state index < -0.39 is 0 Å². The van der Waals surface area contributed by atoms with Crippen LogP contribution in [0.1, 0.15) is 59.6 Å². The Morgan fingerprint density at radius 1 is 1.19 bits per heavy atom. The van der Waals surface area contributed by atoms with E-state index in [9.17, 15) is 4.79 Å². The average molecular weight is 299 g/mol. The molecule has 1 aliphatic carbocycles. The number of aromatic nitrogens is 1. The third-order valence-corrected chi connectivity index (χ3v) is 5.43. The maximum atomic E-state index is 12.2. The summed E-state index contributed by atoms with van der Waals surface area (Å²) in [6.45, 7) is 2.34. The second kappa shape index (κ2) is 6.52. The quantitative estimate of drug-likeness (QED) is 0.754. The minimum atomic E-state index is 0.157. The number of rotatable bonds is 4. The largest absolute Gasteiger partial charge is 0.294 e. The van der Waals surface area contributed by atoms with Crippen LogP contribution in [-0.4, -0.2) is 10.8 Å². The van der Waals surface area contributed by atoms with Crippen LogP contribution < -0.4 is 0 Å². The van der Waals surface area contributed by atoms with Crippen LogP contribution in [0.2, 0.25) is 0 Å². The highest BCUT2D eigenvalue weighted by atomic mass is 32.1. The summed E-state index contributed by atoms with van der Waals surface area (Å²) in [7, 11) is 0. The van der Waals surface area contributed by atoms with Gasteiger partial charge in [0.1, 0.15) is 0 Å². The lowest BCUT2D eigenvalue weighted by molar-refractivity contribution is 0.0992. The van der Waals surface area contributed by atoms with Crippen molar-refractivity contribution in [3.05, 3.63) is 52.0 Å². The van der Waals surface area contributed by atoms with Crippen LogP contribution in [-0.2, 0) is 6.42 Å². The van der Waals surface area contributed by atoms with E-state index in [-0.39, 0.29) is 5.78 Å². The van der Waals surface area contributed by atoms with Crippen molar-refractivity contribution < 1.29 is 4.79 Å². The van der Waals surface area contributed by atoms with Crippen molar-refractivity contribution in [1.29, 1.82) is 0 Å². The Balaban J connectivity index is 1.64. The van der Waals surface area contributed by atoms with Gasteiger partial charge in [0, 0.05) is 16.9 Å². The lowest BCUT2D eigenvalue weighted by Gasteiger charge is -2.24. The molecule has 1 fully saturated rings. The molecule has 3 heteroatoms. The minimum absolute atomic E-state index is 0.157. The van der Waals surface area contributed by atoms with Gasteiger partial charge < -0.3 is 0 Å². The Morgan fingerprint density at radius 3 is 2.62 bits per heavy atom. The van der Waals surface area contributed by atoms with Crippen LogP contribution >= 0.6 is 11.3 Å². The number of thiazole rings is 1. The highest BCUT2D eigenvalue weighted by molar-refractivity contribution is 7.09. The Kier molecular flexibility index (Phi) is 4.49. The molecule has 1 aromatic carbocycles. The van der Waals surface area contributed by atoms with E-state index >= 15 is 0 Å². The first kappa shape index (κ1) is 14.5. The monoisotopic (exact) mass is 299 g/mol. The second-order valence-corrected chi connectivity index (χ2v) is 6.99. The summed E-state index contributed by atoms with van der Waals surface area (Å²) in [5, 5.41) is 3.30. The molecule has 2 aromatic rings. The van der Waals surface area contributed by atoms with Crippen LogP contribution in [0.25, 0.3) is 0 Å². The molecule has 2 nitrogen and oxygen atoms in total. The lowest BCUT2D eigenvalue weighted by Crippen LogP contribution is -2.11. The molecule has 1 aromatic heterocycles. The van der Waals surface area contributed by atoms with Gasteiger partial charge in [-0.15, -0.1) is 11.3 Å². The van der Waals surface area contributed by atoms with Gasteiger partial charge in [0.2, 0.25) is 0 Å². The summed E-state index contributed by atoms with van der Waals surface area (Å²) in [6, 6.07) is 9.49. The minimum Gasteiger partial charge on any atom is -0.294 e. The third-order valence-electron chi connectivity index (χ3n) is 4.37. The predicted molar refractivity (Wildman–Crippen MR) is 87.0 cm³/mol. The summed E-state index contributed by atoms with van der Waals surface area (Å²) in [5.41, 5.74) is 1.71. The Hall–Kier alpha value is -1.48. The first-order valence-electron chi connectivity index (χ1n) is 7.75. The van der Waals surface area contributed by atoms with Gasteiger partial charge in [-0.1, -0.05) is 50.1 Å². The number of Topliss-reactive ketones (excluding diaryl/α,β-unsaturated/α-hetero) is 1. The summed E-state index contributed by atoms with van der Waals surface area (Å²) in [5.74, 6) is 1.64. The average Bonchev–Trinajstić information content (AvgIpc) is 2.97. The highest BCUT2D eigenvalue weighted by Gasteiger charge is 2.22. The van der Waals surface area contributed by atoms with Gasteiger partial charge in [-0.2, -0.15) is 0 Å². The SMILES string of the molecule is CC1CCC(c2nc(CC(=O)c3ccccc3)cs2)CC1. The van der Waals surface area contributed by atoms with E-state index in [1.807, 2.05) is 30.3 Å². The second-order valence-electron chi connectivity index (χ2n) is 6.10. The molecule has 0 radical (unpaired) electrons. The molecule has 0 bridgehead atoms. The fraction of sp³-hybridized carbons (Fsp3) is 0.444. The molecule has 0 amide bonds. The van der Waals surface area contributed by atoms with Gasteiger partial charge >= 0.3 is 0 Å². The first-order valence-corrected chi connectivity index (χ1v) is 8.63. The van der Waals surface area contributed by atoms with E-state index in [0.29, 0.717) is 12.3 Å². The van der Waals surface area contributed by atoms with E-state index in [1.54, 1.807) is 11.3 Å². The number of hydrogen-bond donors (Lipinski definition) is 0. The van der Waals surface area contributed by atoms with E-state index in [2.05, 4.69) is 12.3 Å². The van der Waals surface area contributed by atoms with Gasteiger partial charge in [0.05, 0.1) is 17.1 Å². The van der Waals surface area contributed by atoms with E-state index in [1.165, 1.54) is 30.7 Å². The summed E-state index contributed by atoms with van der Waals surface area (Å²) in [6.07, 6.45) is 5.54. The van der Waals surface area contributed by atoms with E-state index in [4.69, 9.17) is 4.98 Å². The normalized spacial score (nSPS) is 22.1. The zero-order valence-electron chi connectivity index (χ0n) is 12.4. The topological polar surface area (TPSA) is 30.0 Å². The van der Waals surface area contributed by atoms with Gasteiger partial charge in [-0.05, 0) is 18.8 Å². The number of hydrogen-bond acceptors (Lipinski definition) is 3. The summed E-state index contributed by atoms with van der Waals surface area (Å²) >= 11 is 1.73. The van der Waals surface area contributed by atoms with Gasteiger partial charge in [-0.25, -0.2) is 4.98 Å². The maximum Gasteiger partial charge on any atom is 0.168 e. The molecule has 0 atom stereocenters. The predicted octanol–water partition coefficient (Wildman–Crippen LogP) is 4.86. The molecule has 0 N–H and O–H groups in total. The fourth-order valence-electron chi connectivity index (χ4n) is 2.99. The van der Waals surface area contributed by atoms with Crippen molar-refractivity contribution in [1.82, 2.24) is 4.98 Å². The molecule has 0 unspecified atom stereocenters. The summed E-state index contributed by atoms with van der Waals surface area (Å²) in [4.78, 5) is 16.9. The van der Waals surface area contributed by atoms with Gasteiger partial charge in [0.15, 0.2) is 5.78 Å². The zero-order chi connectivity index (χ0) is 14.7. The standard InChI is InChI=1S/C18H21NOS/c1-13-7-9-15(10-8-13)18-19-16(12-21-18)11-17(20)14-5-3-2-4-6-14/h2-6,12-13,15H,7-11H2,1H3. The van der Waals surface area contributed by atoms with Crippen molar-refractivity contribution in [2.75, 3.05) is 0 Å². The van der Waals surface area contributed by atoms with Crippen LogP contribution in [0.3, 0.4) is 0 Å². The van der Waals surface area contributed by atoms with Crippen LogP contribution in [0, 0.1) is 5.92 Å². The van der Waals surface area contributed by atoms with Crippen LogP contribution in [0.4, 0.5) is 0 Å². The Bertz CT molecular complexity index is 597. The fourth-order valence-corrected chi connectivity index (χ4v) is 3.98. The molecule has 0 spiro atoms. The van der Waals surface area contributed by atoms with Crippen LogP contribution in [0.15, 0.2) is 35.7 Å². The molecule has 1 aliphatic rings. The maximum absolute atomic E-state index is 12.2. The molecule has 0 aliphatic heterocycles. The molecular weight excluding hydrogens is 278 g/mol. The van der Waals surface area contributed by atoms with Crippen LogP contribution in [0.5, 0.6) is 0 Å². The lowest BCUT2D eigenvalue weighted by atomic mass is 9.83. The molecule has 0 saturated heterocycles. The molecule has 110 valence electrons. The first-order chi connectivity index (χ1) is 10.2. The van der Waals surface area contributed by atoms with Gasteiger partial charge in [-0.3, -0.25) is 4.79 Å². The highest BCUT2D eigenvalue weighted by Crippen LogP contribution is 2.36. The number of benzene rings is 1. The van der Waals surface area contributed by atoms with Crippen molar-refractivity contribution in [2.24, 2.45) is 5.92 Å². The smallest absolute Gasteiger partial charge is 0.168 e. The Morgan fingerprint density at radius 2 is 1.90 bits per heavy atom. The van der Waals surface area contributed by atoms with Gasteiger partial charge in [0.25, 0.3) is 0 Å². The molecule has 1 heterocycles. The number of carbonyl (C=O) groups excluding carboxylic acids is 1. The Labute approximate surface area is 130 Å². The van der Waals surface area contributed by atoms with Crippen molar-refractivity contribution in [3.63, 3.8) is 0 Å². The molecule has 21 heavy (non-hydrogen) atoms. The van der Waals surface area contributed by atoms with Crippen molar-refractivity contribution in [3.8, 4) is 0 Å². The zero-order valence-corrected chi connectivity index (χ0v) is 13.2.